The molecule has 8 aliphatic carbocycles. The van der Waals surface area contributed by atoms with E-state index in [0.29, 0.717) is 15.9 Å². The number of hydrogen-bond donors (Lipinski definition) is 1. The zero-order valence-electron chi connectivity index (χ0n) is 19.4. The Morgan fingerprint density at radius 2 is 1.16 bits per heavy atom. The predicted octanol–water partition coefficient (Wildman–Crippen LogP) is 7.42. The second kappa shape index (κ2) is 8.08. The van der Waals surface area contributed by atoms with Gasteiger partial charge in [-0.1, -0.05) is 6.08 Å². The van der Waals surface area contributed by atoms with Crippen LogP contribution in [-0.2, 0) is 4.79 Å². The SMILES string of the molecule is CC(=CCCC(PC12CC3CC(CC(C3)C1)C2)PC12CC3CC(CC(C3)C1)C2)C(=O)O. The fourth-order valence-electron chi connectivity index (χ4n) is 10.0. The highest BCUT2D eigenvalue weighted by atomic mass is 31.1. The molecule has 0 amide bonds. The van der Waals surface area contributed by atoms with E-state index in [1.807, 2.05) is 6.08 Å². The van der Waals surface area contributed by atoms with Gasteiger partial charge in [0, 0.05) is 5.57 Å². The summed E-state index contributed by atoms with van der Waals surface area (Å²) in [5.74, 6) is 5.58. The molecule has 1 N–H and O–H groups in total. The highest BCUT2D eigenvalue weighted by Crippen LogP contribution is 2.69. The van der Waals surface area contributed by atoms with Gasteiger partial charge in [0.2, 0.25) is 0 Å². The fourth-order valence-corrected chi connectivity index (χ4v) is 16.7. The Morgan fingerprint density at radius 3 is 1.48 bits per heavy atom. The van der Waals surface area contributed by atoms with Crippen LogP contribution in [0.25, 0.3) is 0 Å². The van der Waals surface area contributed by atoms with Crippen LogP contribution in [0.5, 0.6) is 0 Å². The Labute approximate surface area is 192 Å². The van der Waals surface area contributed by atoms with Gasteiger partial charge in [-0.25, -0.2) is 4.79 Å². The van der Waals surface area contributed by atoms with Gasteiger partial charge < -0.3 is 5.11 Å². The smallest absolute Gasteiger partial charge is 0.330 e. The predicted molar refractivity (Wildman–Crippen MR) is 133 cm³/mol. The Balaban J connectivity index is 1.19. The van der Waals surface area contributed by atoms with Crippen molar-refractivity contribution in [3.63, 3.8) is 0 Å². The average Bonchev–Trinajstić information content (AvgIpc) is 2.64. The van der Waals surface area contributed by atoms with Crippen molar-refractivity contribution in [1.29, 1.82) is 0 Å². The summed E-state index contributed by atoms with van der Waals surface area (Å²) < 4.78 is 0. The van der Waals surface area contributed by atoms with Crippen molar-refractivity contribution in [1.82, 2.24) is 0 Å². The van der Waals surface area contributed by atoms with E-state index in [0.717, 1.165) is 64.5 Å². The lowest BCUT2D eigenvalue weighted by Crippen LogP contribution is -2.49. The maximum absolute atomic E-state index is 11.3. The minimum atomic E-state index is -0.733. The minimum Gasteiger partial charge on any atom is -0.478 e. The molecule has 8 fully saturated rings. The topological polar surface area (TPSA) is 37.3 Å². The molecule has 2 unspecified atom stereocenters. The summed E-state index contributed by atoms with van der Waals surface area (Å²) in [6.45, 7) is 1.78. The van der Waals surface area contributed by atoms with E-state index in [1.54, 1.807) is 84.0 Å². The van der Waals surface area contributed by atoms with Gasteiger partial charge in [-0.15, -0.1) is 17.2 Å². The molecule has 0 aromatic heterocycles. The van der Waals surface area contributed by atoms with E-state index in [1.165, 1.54) is 6.42 Å². The normalized spacial score (nSPS) is 49.1. The molecule has 8 rings (SSSR count). The number of carbonyl (C=O) groups is 1. The quantitative estimate of drug-likeness (QED) is 0.302. The van der Waals surface area contributed by atoms with E-state index >= 15 is 0 Å². The lowest BCUT2D eigenvalue weighted by Gasteiger charge is -2.60. The van der Waals surface area contributed by atoms with Gasteiger partial charge >= 0.3 is 5.97 Å². The first-order valence-corrected chi connectivity index (χ1v) is 15.5. The van der Waals surface area contributed by atoms with Crippen LogP contribution in [0.4, 0.5) is 0 Å². The molecule has 0 aliphatic heterocycles. The molecular weight excluding hydrogens is 418 g/mol. The van der Waals surface area contributed by atoms with E-state index in [-0.39, 0.29) is 0 Å². The third kappa shape index (κ3) is 4.32. The van der Waals surface area contributed by atoms with Crippen LogP contribution in [0.3, 0.4) is 0 Å². The largest absolute Gasteiger partial charge is 0.478 e. The molecule has 31 heavy (non-hydrogen) atoms. The molecule has 2 nitrogen and oxygen atoms in total. The standard InChI is InChI=1S/C27H42O2P2/c1-17(25(28)29)3-2-4-24(30-26-11-18-5-19(12-26)7-20(6-18)13-26)31-27-14-21-8-22(15-27)10-23(9-21)16-27/h3,18-24,30-31H,2,4-16H2,1H3,(H,28,29). The Bertz CT molecular complexity index is 640. The number of carboxylic acids is 1. The second-order valence-corrected chi connectivity index (χ2v) is 17.7. The first-order chi connectivity index (χ1) is 14.9. The minimum absolute atomic E-state index is 0.551. The second-order valence-electron chi connectivity index (χ2n) is 13.0. The zero-order chi connectivity index (χ0) is 21.2. The molecule has 4 heteroatoms. The van der Waals surface area contributed by atoms with Gasteiger partial charge in [-0.05, 0) is 148 Å². The van der Waals surface area contributed by atoms with Crippen LogP contribution < -0.4 is 0 Å². The van der Waals surface area contributed by atoms with Crippen LogP contribution >= 0.6 is 17.2 Å². The van der Waals surface area contributed by atoms with Crippen molar-refractivity contribution < 1.29 is 9.90 Å². The van der Waals surface area contributed by atoms with Gasteiger partial charge in [0.25, 0.3) is 0 Å². The van der Waals surface area contributed by atoms with E-state index in [9.17, 15) is 9.90 Å². The Hall–Kier alpha value is 0.0700. The number of carboxylic acid groups (broad SMARTS) is 1. The molecule has 2 atom stereocenters. The molecule has 8 aliphatic rings. The van der Waals surface area contributed by atoms with E-state index in [4.69, 9.17) is 0 Å². The molecule has 0 aromatic carbocycles. The zero-order valence-corrected chi connectivity index (χ0v) is 21.4. The summed E-state index contributed by atoms with van der Waals surface area (Å²) in [5, 5.41) is 11.6. The van der Waals surface area contributed by atoms with Gasteiger partial charge in [-0.2, -0.15) is 0 Å². The Kier molecular flexibility index (Phi) is 5.63. The Morgan fingerprint density at radius 1 is 0.806 bits per heavy atom. The first kappa shape index (κ1) is 21.6. The van der Waals surface area contributed by atoms with E-state index < -0.39 is 5.97 Å². The molecule has 0 saturated heterocycles. The van der Waals surface area contributed by atoms with Crippen molar-refractivity contribution in [2.24, 2.45) is 35.5 Å². The van der Waals surface area contributed by atoms with Crippen molar-refractivity contribution in [2.75, 3.05) is 0 Å². The third-order valence-electron chi connectivity index (χ3n) is 10.3. The van der Waals surface area contributed by atoms with Crippen LogP contribution in [0.2, 0.25) is 0 Å². The molecule has 0 radical (unpaired) electrons. The van der Waals surface area contributed by atoms with Gasteiger partial charge in [0.1, 0.15) is 0 Å². The number of aliphatic carboxylic acids is 1. The molecular formula is C27H42O2P2. The summed E-state index contributed by atoms with van der Waals surface area (Å²) in [5.41, 5.74) is 0.551. The van der Waals surface area contributed by atoms with Crippen LogP contribution in [0.15, 0.2) is 11.6 Å². The number of hydrogen-bond acceptors (Lipinski definition) is 1. The highest BCUT2D eigenvalue weighted by molar-refractivity contribution is 7.59. The molecule has 0 aromatic rings. The van der Waals surface area contributed by atoms with E-state index in [2.05, 4.69) is 0 Å². The lowest BCUT2D eigenvalue weighted by molar-refractivity contribution is -0.132. The van der Waals surface area contributed by atoms with Gasteiger partial charge in [0.05, 0.1) is 0 Å². The average molecular weight is 461 g/mol. The molecule has 172 valence electrons. The maximum atomic E-state index is 11.3. The fraction of sp³-hybridized carbons (Fsp3) is 0.889. The van der Waals surface area contributed by atoms with Crippen LogP contribution in [0.1, 0.15) is 96.8 Å². The van der Waals surface area contributed by atoms with Crippen molar-refractivity contribution in [3.8, 4) is 0 Å². The maximum Gasteiger partial charge on any atom is 0.330 e. The van der Waals surface area contributed by atoms with Crippen LogP contribution in [-0.4, -0.2) is 26.8 Å². The third-order valence-corrected chi connectivity index (χ3v) is 14.9. The summed E-state index contributed by atoms with van der Waals surface area (Å²) >= 11 is 0. The summed E-state index contributed by atoms with van der Waals surface area (Å²) in [6, 6.07) is 0. The van der Waals surface area contributed by atoms with Crippen molar-refractivity contribution >= 4 is 23.1 Å². The van der Waals surface area contributed by atoms with Crippen molar-refractivity contribution in [2.45, 2.75) is 113 Å². The lowest BCUT2D eigenvalue weighted by atomic mass is 9.56. The summed E-state index contributed by atoms with van der Waals surface area (Å²) in [6.07, 6.45) is 22.8. The molecule has 8 saturated carbocycles. The number of rotatable bonds is 8. The van der Waals surface area contributed by atoms with Crippen molar-refractivity contribution in [3.05, 3.63) is 11.6 Å². The first-order valence-electron chi connectivity index (χ1n) is 13.3. The van der Waals surface area contributed by atoms with Gasteiger partial charge in [0.15, 0.2) is 0 Å². The molecule has 8 bridgehead atoms. The monoisotopic (exact) mass is 460 g/mol. The molecule has 0 spiro atoms. The number of allylic oxidation sites excluding steroid dienone is 1. The summed E-state index contributed by atoms with van der Waals surface area (Å²) in [4.78, 5) is 11.3. The highest BCUT2D eigenvalue weighted by Gasteiger charge is 2.54. The molecule has 0 heterocycles. The van der Waals surface area contributed by atoms with Gasteiger partial charge in [-0.3, -0.25) is 0 Å². The summed E-state index contributed by atoms with van der Waals surface area (Å²) in [7, 11) is 2.32. The van der Waals surface area contributed by atoms with Crippen LogP contribution in [0, 0.1) is 35.5 Å².